The summed E-state index contributed by atoms with van der Waals surface area (Å²) in [6, 6.07) is 1.38. The Morgan fingerprint density at radius 3 is 2.84 bits per heavy atom. The van der Waals surface area contributed by atoms with Crippen LogP contribution in [0.15, 0.2) is 6.20 Å². The molecule has 1 aromatic heterocycles. The lowest BCUT2D eigenvalue weighted by molar-refractivity contribution is 0.0868. The topological polar surface area (TPSA) is 45.4 Å². The Labute approximate surface area is 126 Å². The van der Waals surface area contributed by atoms with Crippen LogP contribution in [0.25, 0.3) is 0 Å². The SMILES string of the molecule is CCN1CCC(N(C)Cc2cnc(N)s2)CC1C.Cl. The van der Waals surface area contributed by atoms with Gasteiger partial charge in [0.1, 0.15) is 0 Å². The minimum atomic E-state index is 0. The van der Waals surface area contributed by atoms with E-state index in [1.54, 1.807) is 11.3 Å². The Kier molecular flexibility index (Phi) is 6.53. The molecule has 2 atom stereocenters. The number of likely N-dealkylation sites (tertiary alicyclic amines) is 1. The molecule has 1 aliphatic heterocycles. The molecule has 110 valence electrons. The molecule has 2 N–H and O–H groups in total. The zero-order chi connectivity index (χ0) is 13.1. The highest BCUT2D eigenvalue weighted by Gasteiger charge is 2.26. The van der Waals surface area contributed by atoms with Crippen molar-refractivity contribution in [1.29, 1.82) is 0 Å². The molecule has 0 spiro atoms. The van der Waals surface area contributed by atoms with Crippen LogP contribution in [0.1, 0.15) is 31.6 Å². The highest BCUT2D eigenvalue weighted by Crippen LogP contribution is 2.23. The monoisotopic (exact) mass is 304 g/mol. The Morgan fingerprint density at radius 2 is 2.32 bits per heavy atom. The summed E-state index contributed by atoms with van der Waals surface area (Å²) in [6.45, 7) is 7.95. The van der Waals surface area contributed by atoms with Crippen molar-refractivity contribution in [2.45, 2.75) is 45.3 Å². The van der Waals surface area contributed by atoms with E-state index < -0.39 is 0 Å². The molecule has 0 saturated carbocycles. The Hall–Kier alpha value is -0.360. The molecular weight excluding hydrogens is 280 g/mol. The van der Waals surface area contributed by atoms with Crippen LogP contribution in [0.5, 0.6) is 0 Å². The van der Waals surface area contributed by atoms with Gasteiger partial charge in [-0.3, -0.25) is 4.90 Å². The predicted octanol–water partition coefficient (Wildman–Crippen LogP) is 2.45. The smallest absolute Gasteiger partial charge is 0.180 e. The zero-order valence-electron chi connectivity index (χ0n) is 12.0. The first kappa shape index (κ1) is 16.7. The number of piperidine rings is 1. The molecule has 0 bridgehead atoms. The van der Waals surface area contributed by atoms with Crippen molar-refractivity contribution in [2.24, 2.45) is 0 Å². The van der Waals surface area contributed by atoms with Crippen LogP contribution in [0.4, 0.5) is 5.13 Å². The number of anilines is 1. The highest BCUT2D eigenvalue weighted by molar-refractivity contribution is 7.15. The predicted molar refractivity (Wildman–Crippen MR) is 85.0 cm³/mol. The Morgan fingerprint density at radius 1 is 1.58 bits per heavy atom. The average Bonchev–Trinajstić information content (AvgIpc) is 2.74. The molecular formula is C13H25ClN4S. The van der Waals surface area contributed by atoms with E-state index in [2.05, 4.69) is 35.7 Å². The first-order valence-corrected chi connectivity index (χ1v) is 7.56. The molecule has 0 radical (unpaired) electrons. The quantitative estimate of drug-likeness (QED) is 0.928. The Balaban J connectivity index is 0.00000180. The van der Waals surface area contributed by atoms with Crippen LogP contribution < -0.4 is 5.73 Å². The van der Waals surface area contributed by atoms with Gasteiger partial charge in [0.2, 0.25) is 0 Å². The molecule has 0 amide bonds. The third-order valence-corrected chi connectivity index (χ3v) is 4.80. The average molecular weight is 305 g/mol. The maximum Gasteiger partial charge on any atom is 0.180 e. The van der Waals surface area contributed by atoms with Gasteiger partial charge in [0.05, 0.1) is 0 Å². The number of nitrogens with two attached hydrogens (primary N) is 1. The fraction of sp³-hybridized carbons (Fsp3) is 0.769. The van der Waals surface area contributed by atoms with Crippen molar-refractivity contribution in [3.63, 3.8) is 0 Å². The number of halogens is 1. The summed E-state index contributed by atoms with van der Waals surface area (Å²) in [5.41, 5.74) is 5.67. The van der Waals surface area contributed by atoms with E-state index >= 15 is 0 Å². The molecule has 2 rings (SSSR count). The lowest BCUT2D eigenvalue weighted by Crippen LogP contribution is -2.47. The summed E-state index contributed by atoms with van der Waals surface area (Å²) in [5.74, 6) is 0. The van der Waals surface area contributed by atoms with Crippen molar-refractivity contribution >= 4 is 28.9 Å². The number of hydrogen-bond donors (Lipinski definition) is 1. The van der Waals surface area contributed by atoms with E-state index in [1.807, 2.05) is 6.20 Å². The van der Waals surface area contributed by atoms with E-state index in [-0.39, 0.29) is 12.4 Å². The molecule has 19 heavy (non-hydrogen) atoms. The molecule has 2 heterocycles. The van der Waals surface area contributed by atoms with E-state index in [0.29, 0.717) is 17.2 Å². The van der Waals surface area contributed by atoms with Gasteiger partial charge in [-0.2, -0.15) is 0 Å². The largest absolute Gasteiger partial charge is 0.375 e. The van der Waals surface area contributed by atoms with Gasteiger partial charge in [0.15, 0.2) is 5.13 Å². The normalized spacial score (nSPS) is 24.4. The first-order chi connectivity index (χ1) is 8.60. The standard InChI is InChI=1S/C13H24N4S.ClH/c1-4-17-6-5-11(7-10(17)2)16(3)9-12-8-15-13(14)18-12;/h8,10-11H,4-7,9H2,1-3H3,(H2,14,15);1H. The molecule has 1 aliphatic rings. The van der Waals surface area contributed by atoms with E-state index in [1.165, 1.54) is 30.8 Å². The second-order valence-electron chi connectivity index (χ2n) is 5.24. The fourth-order valence-electron chi connectivity index (χ4n) is 2.84. The summed E-state index contributed by atoms with van der Waals surface area (Å²) in [6.07, 6.45) is 4.43. The second-order valence-corrected chi connectivity index (χ2v) is 6.38. The maximum absolute atomic E-state index is 5.67. The number of nitrogens with zero attached hydrogens (tertiary/aromatic N) is 3. The molecule has 1 saturated heterocycles. The number of rotatable bonds is 4. The fourth-order valence-corrected chi connectivity index (χ4v) is 3.58. The summed E-state index contributed by atoms with van der Waals surface area (Å²) < 4.78 is 0. The first-order valence-electron chi connectivity index (χ1n) is 6.74. The van der Waals surface area contributed by atoms with Crippen LogP contribution in [-0.2, 0) is 6.54 Å². The third kappa shape index (κ3) is 4.31. The van der Waals surface area contributed by atoms with Gasteiger partial charge >= 0.3 is 0 Å². The van der Waals surface area contributed by atoms with Gasteiger partial charge in [-0.25, -0.2) is 4.98 Å². The van der Waals surface area contributed by atoms with Gasteiger partial charge in [-0.1, -0.05) is 6.92 Å². The maximum atomic E-state index is 5.67. The number of thiazole rings is 1. The second kappa shape index (κ2) is 7.43. The Bertz CT molecular complexity index is 384. The summed E-state index contributed by atoms with van der Waals surface area (Å²) in [5, 5.41) is 0.674. The number of nitrogen functional groups attached to an aromatic ring is 1. The minimum absolute atomic E-state index is 0. The van der Waals surface area contributed by atoms with Gasteiger partial charge in [-0.15, -0.1) is 23.7 Å². The molecule has 6 heteroatoms. The van der Waals surface area contributed by atoms with Crippen molar-refractivity contribution in [2.75, 3.05) is 25.9 Å². The third-order valence-electron chi connectivity index (χ3n) is 3.99. The molecule has 2 unspecified atom stereocenters. The molecule has 0 aliphatic carbocycles. The van der Waals surface area contributed by atoms with E-state index in [4.69, 9.17) is 5.73 Å². The summed E-state index contributed by atoms with van der Waals surface area (Å²) >= 11 is 1.60. The van der Waals surface area contributed by atoms with Gasteiger partial charge in [-0.05, 0) is 39.9 Å². The summed E-state index contributed by atoms with van der Waals surface area (Å²) in [4.78, 5) is 10.4. The lowest BCUT2D eigenvalue weighted by Gasteiger charge is -2.40. The minimum Gasteiger partial charge on any atom is -0.375 e. The van der Waals surface area contributed by atoms with Gasteiger partial charge in [0.25, 0.3) is 0 Å². The van der Waals surface area contributed by atoms with Crippen molar-refractivity contribution < 1.29 is 0 Å². The molecule has 4 nitrogen and oxygen atoms in total. The highest BCUT2D eigenvalue weighted by atomic mass is 35.5. The van der Waals surface area contributed by atoms with Crippen molar-refractivity contribution in [1.82, 2.24) is 14.8 Å². The van der Waals surface area contributed by atoms with Crippen LogP contribution in [0.2, 0.25) is 0 Å². The van der Waals surface area contributed by atoms with Crippen molar-refractivity contribution in [3.05, 3.63) is 11.1 Å². The lowest BCUT2D eigenvalue weighted by atomic mass is 9.97. The van der Waals surface area contributed by atoms with E-state index in [9.17, 15) is 0 Å². The van der Waals surface area contributed by atoms with E-state index in [0.717, 1.165) is 6.54 Å². The van der Waals surface area contributed by atoms with Crippen molar-refractivity contribution in [3.8, 4) is 0 Å². The van der Waals surface area contributed by atoms with Crippen LogP contribution in [-0.4, -0.2) is 47.0 Å². The van der Waals surface area contributed by atoms with Gasteiger partial charge in [0, 0.05) is 29.7 Å². The molecule has 1 fully saturated rings. The molecule has 0 aromatic carbocycles. The van der Waals surface area contributed by atoms with Gasteiger partial charge < -0.3 is 10.6 Å². The number of aromatic nitrogens is 1. The summed E-state index contributed by atoms with van der Waals surface area (Å²) in [7, 11) is 2.22. The molecule has 1 aromatic rings. The zero-order valence-corrected chi connectivity index (χ0v) is 13.6. The van der Waals surface area contributed by atoms with Crippen LogP contribution >= 0.6 is 23.7 Å². The number of hydrogen-bond acceptors (Lipinski definition) is 5. The van der Waals surface area contributed by atoms with Crippen LogP contribution in [0, 0.1) is 0 Å². The van der Waals surface area contributed by atoms with Crippen LogP contribution in [0.3, 0.4) is 0 Å².